The van der Waals surface area contributed by atoms with E-state index in [-0.39, 0.29) is 18.5 Å². The highest BCUT2D eigenvalue weighted by molar-refractivity contribution is 5.76. The molecule has 0 aliphatic carbocycles. The van der Waals surface area contributed by atoms with Gasteiger partial charge in [0, 0.05) is 12.8 Å². The first kappa shape index (κ1) is 55.6. The van der Waals surface area contributed by atoms with Crippen molar-refractivity contribution < 1.29 is 24.5 Å². The molecule has 0 aromatic carbocycles. The molecule has 6 heteroatoms. The summed E-state index contributed by atoms with van der Waals surface area (Å²) in [5.74, 6) is -0.126. The topological polar surface area (TPSA) is 95.9 Å². The number of unbranched alkanes of at least 4 members (excludes halogenated alkanes) is 34. The third-order valence-electron chi connectivity index (χ3n) is 11.8. The minimum atomic E-state index is -0.693. The van der Waals surface area contributed by atoms with Crippen LogP contribution in [0.2, 0.25) is 0 Å². The van der Waals surface area contributed by atoms with Crippen LogP contribution in [0.25, 0.3) is 0 Å². The zero-order valence-corrected chi connectivity index (χ0v) is 38.3. The van der Waals surface area contributed by atoms with Crippen LogP contribution in [0, 0.1) is 0 Å². The highest BCUT2D eigenvalue weighted by Crippen LogP contribution is 2.17. The fraction of sp³-hybridized carbons (Fsp3) is 0.922. The van der Waals surface area contributed by atoms with E-state index < -0.39 is 12.1 Å². The Bertz CT molecular complexity index is 847. The fourth-order valence-corrected chi connectivity index (χ4v) is 7.88. The average Bonchev–Trinajstić information content (AvgIpc) is 3.21. The molecule has 0 rings (SSSR count). The van der Waals surface area contributed by atoms with E-state index in [0.29, 0.717) is 25.9 Å². The maximum Gasteiger partial charge on any atom is 0.305 e. The number of rotatable bonds is 47. The standard InChI is InChI=1S/C51H99NO5/c1-3-5-7-9-11-13-15-17-19-21-22-24-27-31-35-39-43-49(54)48(47-53)52-50(55)44-40-36-32-28-26-30-34-38-42-46-57-51(56)45-41-37-33-29-25-23-20-18-16-14-12-10-8-6-4-2/h28,32,48-49,53-54H,3-27,29-31,33-47H2,1-2H3,(H,52,55)/b32-28-. The molecule has 0 heterocycles. The average molecular weight is 806 g/mol. The Morgan fingerprint density at radius 2 is 0.842 bits per heavy atom. The van der Waals surface area contributed by atoms with Gasteiger partial charge in [0.2, 0.25) is 5.91 Å². The molecule has 0 saturated carbocycles. The fourth-order valence-electron chi connectivity index (χ4n) is 7.88. The quantitative estimate of drug-likeness (QED) is 0.0323. The van der Waals surface area contributed by atoms with Crippen molar-refractivity contribution in [2.45, 2.75) is 289 Å². The molecule has 0 radical (unpaired) electrons. The van der Waals surface area contributed by atoms with Gasteiger partial charge in [-0.25, -0.2) is 0 Å². The van der Waals surface area contributed by atoms with Gasteiger partial charge in [-0.3, -0.25) is 9.59 Å². The van der Waals surface area contributed by atoms with E-state index in [4.69, 9.17) is 4.74 Å². The smallest absolute Gasteiger partial charge is 0.305 e. The van der Waals surface area contributed by atoms with Crippen LogP contribution in [0.5, 0.6) is 0 Å². The van der Waals surface area contributed by atoms with Crippen molar-refractivity contribution in [2.75, 3.05) is 13.2 Å². The van der Waals surface area contributed by atoms with E-state index in [9.17, 15) is 19.8 Å². The summed E-state index contributed by atoms with van der Waals surface area (Å²) in [6.07, 6.45) is 53.3. The van der Waals surface area contributed by atoms with Crippen LogP contribution in [0.4, 0.5) is 0 Å². The Labute approximate surface area is 355 Å². The van der Waals surface area contributed by atoms with Gasteiger partial charge in [-0.2, -0.15) is 0 Å². The molecule has 1 amide bonds. The second-order valence-electron chi connectivity index (χ2n) is 17.5. The van der Waals surface area contributed by atoms with E-state index in [0.717, 1.165) is 70.6 Å². The van der Waals surface area contributed by atoms with Gasteiger partial charge >= 0.3 is 5.97 Å². The van der Waals surface area contributed by atoms with Crippen LogP contribution in [0.3, 0.4) is 0 Å². The zero-order chi connectivity index (χ0) is 41.5. The van der Waals surface area contributed by atoms with Crippen LogP contribution in [0.1, 0.15) is 277 Å². The van der Waals surface area contributed by atoms with E-state index in [2.05, 4.69) is 31.3 Å². The van der Waals surface area contributed by atoms with E-state index in [1.807, 2.05) is 0 Å². The first-order valence-corrected chi connectivity index (χ1v) is 25.4. The van der Waals surface area contributed by atoms with E-state index in [1.54, 1.807) is 0 Å². The number of carbonyl (C=O) groups excluding carboxylic acids is 2. The Kier molecular flexibility index (Phi) is 46.1. The van der Waals surface area contributed by atoms with E-state index in [1.165, 1.54) is 173 Å². The molecule has 57 heavy (non-hydrogen) atoms. The summed E-state index contributed by atoms with van der Waals surface area (Å²) >= 11 is 0. The maximum atomic E-state index is 12.4. The third kappa shape index (κ3) is 44.0. The van der Waals surface area contributed by atoms with Crippen molar-refractivity contribution in [3.8, 4) is 0 Å². The van der Waals surface area contributed by atoms with Crippen molar-refractivity contribution in [1.29, 1.82) is 0 Å². The molecule has 0 aromatic rings. The number of esters is 1. The summed E-state index contributed by atoms with van der Waals surface area (Å²) in [5.41, 5.74) is 0. The number of carbonyl (C=O) groups is 2. The number of aliphatic hydroxyl groups is 2. The molecular weight excluding hydrogens is 707 g/mol. The van der Waals surface area contributed by atoms with Gasteiger partial charge in [0.15, 0.2) is 0 Å². The lowest BCUT2D eigenvalue weighted by atomic mass is 10.0. The third-order valence-corrected chi connectivity index (χ3v) is 11.8. The van der Waals surface area contributed by atoms with Crippen LogP contribution in [0.15, 0.2) is 12.2 Å². The Balaban J connectivity index is 3.52. The minimum absolute atomic E-state index is 0.0325. The lowest BCUT2D eigenvalue weighted by Gasteiger charge is -2.22. The normalized spacial score (nSPS) is 12.7. The second-order valence-corrected chi connectivity index (χ2v) is 17.5. The first-order chi connectivity index (χ1) is 28.0. The summed E-state index contributed by atoms with van der Waals surface area (Å²) in [7, 11) is 0. The molecule has 0 saturated heterocycles. The Hall–Kier alpha value is -1.40. The molecule has 2 unspecified atom stereocenters. The highest BCUT2D eigenvalue weighted by Gasteiger charge is 2.20. The first-order valence-electron chi connectivity index (χ1n) is 25.4. The van der Waals surface area contributed by atoms with Crippen molar-refractivity contribution >= 4 is 11.9 Å². The van der Waals surface area contributed by atoms with Crippen molar-refractivity contribution in [3.05, 3.63) is 12.2 Å². The number of ether oxygens (including phenoxy) is 1. The number of aliphatic hydroxyl groups excluding tert-OH is 2. The predicted octanol–water partition coefficient (Wildman–Crippen LogP) is 15.0. The maximum absolute atomic E-state index is 12.4. The van der Waals surface area contributed by atoms with Crippen LogP contribution in [-0.4, -0.2) is 47.4 Å². The molecule has 0 fully saturated rings. The summed E-state index contributed by atoms with van der Waals surface area (Å²) in [5, 5.41) is 23.2. The molecule has 0 bridgehead atoms. The molecule has 0 aliphatic rings. The summed E-state index contributed by atoms with van der Waals surface area (Å²) in [6.45, 7) is 4.87. The van der Waals surface area contributed by atoms with Gasteiger partial charge in [0.05, 0.1) is 25.4 Å². The number of nitrogens with one attached hydrogen (secondary N) is 1. The predicted molar refractivity (Wildman–Crippen MR) is 246 cm³/mol. The molecule has 0 aliphatic heterocycles. The van der Waals surface area contributed by atoms with Crippen molar-refractivity contribution in [3.63, 3.8) is 0 Å². The molecule has 2 atom stereocenters. The molecule has 338 valence electrons. The number of hydrogen-bond acceptors (Lipinski definition) is 5. The summed E-state index contributed by atoms with van der Waals surface area (Å²) < 4.78 is 5.44. The second kappa shape index (κ2) is 47.3. The van der Waals surface area contributed by atoms with Gasteiger partial charge in [-0.05, 0) is 44.9 Å². The minimum Gasteiger partial charge on any atom is -0.466 e. The molecule has 0 spiro atoms. The van der Waals surface area contributed by atoms with Gasteiger partial charge in [0.1, 0.15) is 0 Å². The van der Waals surface area contributed by atoms with Crippen LogP contribution >= 0.6 is 0 Å². The van der Waals surface area contributed by atoms with Crippen LogP contribution < -0.4 is 5.32 Å². The van der Waals surface area contributed by atoms with Gasteiger partial charge in [0.25, 0.3) is 0 Å². The number of allylic oxidation sites excluding steroid dienone is 2. The van der Waals surface area contributed by atoms with Crippen molar-refractivity contribution in [2.24, 2.45) is 0 Å². The van der Waals surface area contributed by atoms with Gasteiger partial charge in [-0.15, -0.1) is 0 Å². The SMILES string of the molecule is CCCCCCCCCCCCCCCCCCC(O)C(CO)NC(=O)CCC/C=C\CCCCCCOC(=O)CCCCCCCCCCCCCCCCC. The molecule has 0 aromatic heterocycles. The molecular formula is C51H99NO5. The summed E-state index contributed by atoms with van der Waals surface area (Å²) in [6, 6.07) is -0.577. The zero-order valence-electron chi connectivity index (χ0n) is 38.3. The lowest BCUT2D eigenvalue weighted by molar-refractivity contribution is -0.143. The van der Waals surface area contributed by atoms with Gasteiger partial charge in [-0.1, -0.05) is 231 Å². The summed E-state index contributed by atoms with van der Waals surface area (Å²) in [4.78, 5) is 24.5. The number of hydrogen-bond donors (Lipinski definition) is 3. The highest BCUT2D eigenvalue weighted by atomic mass is 16.5. The van der Waals surface area contributed by atoms with E-state index >= 15 is 0 Å². The molecule has 6 nitrogen and oxygen atoms in total. The van der Waals surface area contributed by atoms with Crippen LogP contribution in [-0.2, 0) is 14.3 Å². The molecule has 3 N–H and O–H groups in total. The van der Waals surface area contributed by atoms with Gasteiger partial charge < -0.3 is 20.3 Å². The lowest BCUT2D eigenvalue weighted by Crippen LogP contribution is -2.45. The monoisotopic (exact) mass is 806 g/mol. The number of amides is 1. The Morgan fingerprint density at radius 3 is 1.28 bits per heavy atom. The largest absolute Gasteiger partial charge is 0.466 e. The Morgan fingerprint density at radius 1 is 0.474 bits per heavy atom. The van der Waals surface area contributed by atoms with Crippen molar-refractivity contribution in [1.82, 2.24) is 5.32 Å².